The molecule has 4 nitrogen and oxygen atoms in total. The quantitative estimate of drug-likeness (QED) is 0.792. The molecule has 0 bridgehead atoms. The van der Waals surface area contributed by atoms with Crippen molar-refractivity contribution in [3.63, 3.8) is 0 Å². The van der Waals surface area contributed by atoms with Crippen LogP contribution in [0, 0.1) is 5.41 Å². The molecule has 0 unspecified atom stereocenters. The van der Waals surface area contributed by atoms with E-state index in [0.29, 0.717) is 12.0 Å². The van der Waals surface area contributed by atoms with Crippen LogP contribution in [0.1, 0.15) is 45.1 Å². The maximum Gasteiger partial charge on any atom is 0.161 e. The van der Waals surface area contributed by atoms with Crippen LogP contribution in [0.5, 0.6) is 11.5 Å². The lowest BCUT2D eigenvalue weighted by molar-refractivity contribution is 0.194. The van der Waals surface area contributed by atoms with Crippen molar-refractivity contribution in [3.05, 3.63) is 23.8 Å². The number of hydrogen-bond acceptors (Lipinski definition) is 4. The molecular formula is C20H33ClN2O2. The molecule has 0 aliphatic carbocycles. The maximum atomic E-state index is 5.81. The topological polar surface area (TPSA) is 33.7 Å². The molecule has 142 valence electrons. The van der Waals surface area contributed by atoms with Crippen LogP contribution in [0.2, 0.25) is 0 Å². The van der Waals surface area contributed by atoms with Crippen LogP contribution in [-0.4, -0.2) is 44.3 Å². The van der Waals surface area contributed by atoms with Crippen molar-refractivity contribution < 1.29 is 9.47 Å². The first-order valence-corrected chi connectivity index (χ1v) is 9.56. The van der Waals surface area contributed by atoms with Crippen LogP contribution < -0.4 is 14.8 Å². The van der Waals surface area contributed by atoms with Crippen molar-refractivity contribution in [1.29, 1.82) is 0 Å². The fourth-order valence-electron chi connectivity index (χ4n) is 4.04. The first kappa shape index (κ1) is 20.3. The molecule has 0 aromatic heterocycles. The van der Waals surface area contributed by atoms with Gasteiger partial charge < -0.3 is 14.8 Å². The average Bonchev–Trinajstić information content (AvgIpc) is 2.97. The van der Waals surface area contributed by atoms with Crippen LogP contribution in [0.3, 0.4) is 0 Å². The maximum absolute atomic E-state index is 5.81. The minimum absolute atomic E-state index is 0. The zero-order chi connectivity index (χ0) is 16.8. The van der Waals surface area contributed by atoms with E-state index in [4.69, 9.17) is 9.47 Å². The molecular weight excluding hydrogens is 336 g/mol. The van der Waals surface area contributed by atoms with Gasteiger partial charge >= 0.3 is 0 Å². The molecule has 1 N–H and O–H groups in total. The Bertz CT molecular complexity index is 532. The lowest BCUT2D eigenvalue weighted by Gasteiger charge is -2.34. The summed E-state index contributed by atoms with van der Waals surface area (Å²) >= 11 is 0. The van der Waals surface area contributed by atoms with Gasteiger partial charge in [-0.2, -0.15) is 0 Å². The van der Waals surface area contributed by atoms with Crippen molar-refractivity contribution in [2.75, 3.05) is 39.4 Å². The Morgan fingerprint density at radius 2 is 1.88 bits per heavy atom. The minimum Gasteiger partial charge on any atom is -0.490 e. The van der Waals surface area contributed by atoms with Crippen LogP contribution in [0.25, 0.3) is 0 Å². The number of likely N-dealkylation sites (tertiary alicyclic amines) is 1. The molecule has 1 spiro atoms. The Labute approximate surface area is 158 Å². The van der Waals surface area contributed by atoms with Gasteiger partial charge in [-0.15, -0.1) is 12.4 Å². The third-order valence-corrected chi connectivity index (χ3v) is 5.36. The van der Waals surface area contributed by atoms with E-state index < -0.39 is 0 Å². The third-order valence-electron chi connectivity index (χ3n) is 5.36. The molecule has 2 aliphatic heterocycles. The SMILES string of the molecule is CCCOc1ccc(CN2CCC3(CCNCC3)C2)cc1OCC.Cl. The largest absolute Gasteiger partial charge is 0.490 e. The van der Waals surface area contributed by atoms with E-state index >= 15 is 0 Å². The van der Waals surface area contributed by atoms with E-state index in [2.05, 4.69) is 35.3 Å². The van der Waals surface area contributed by atoms with Gasteiger partial charge in [0.2, 0.25) is 0 Å². The minimum atomic E-state index is 0. The van der Waals surface area contributed by atoms with Crippen molar-refractivity contribution in [1.82, 2.24) is 10.2 Å². The van der Waals surface area contributed by atoms with E-state index in [1.165, 1.54) is 51.0 Å². The second-order valence-corrected chi connectivity index (χ2v) is 7.27. The highest BCUT2D eigenvalue weighted by molar-refractivity contribution is 5.85. The number of rotatable bonds is 7. The molecule has 0 amide bonds. The van der Waals surface area contributed by atoms with Gasteiger partial charge in [0.1, 0.15) is 0 Å². The standard InChI is InChI=1S/C20H32N2O2.ClH/c1-3-13-24-18-6-5-17(14-19(18)23-4-2)15-22-12-9-20(16-22)7-10-21-11-8-20;/h5-6,14,21H,3-4,7-13,15-16H2,1-2H3;1H. The smallest absolute Gasteiger partial charge is 0.161 e. The molecule has 2 saturated heterocycles. The average molecular weight is 369 g/mol. The van der Waals surface area contributed by atoms with Gasteiger partial charge in [-0.25, -0.2) is 0 Å². The summed E-state index contributed by atoms with van der Waals surface area (Å²) in [5, 5.41) is 3.50. The Balaban J connectivity index is 0.00000225. The van der Waals surface area contributed by atoms with Crippen molar-refractivity contribution >= 4 is 12.4 Å². The summed E-state index contributed by atoms with van der Waals surface area (Å²) in [7, 11) is 0. The van der Waals surface area contributed by atoms with Gasteiger partial charge in [-0.05, 0) is 75.4 Å². The van der Waals surface area contributed by atoms with E-state index in [1.54, 1.807) is 0 Å². The Morgan fingerprint density at radius 1 is 1.08 bits per heavy atom. The normalized spacial score (nSPS) is 19.6. The number of nitrogens with zero attached hydrogens (tertiary/aromatic N) is 1. The summed E-state index contributed by atoms with van der Waals surface area (Å²) in [6.07, 6.45) is 5.03. The number of nitrogens with one attached hydrogen (secondary N) is 1. The van der Waals surface area contributed by atoms with Gasteiger partial charge in [0.15, 0.2) is 11.5 Å². The second kappa shape index (κ2) is 9.65. The van der Waals surface area contributed by atoms with E-state index in [9.17, 15) is 0 Å². The summed E-state index contributed by atoms with van der Waals surface area (Å²) in [4.78, 5) is 2.61. The van der Waals surface area contributed by atoms with E-state index in [1.807, 2.05) is 6.92 Å². The first-order chi connectivity index (χ1) is 11.7. The van der Waals surface area contributed by atoms with Crippen molar-refractivity contribution in [2.24, 2.45) is 5.41 Å². The molecule has 0 radical (unpaired) electrons. The third kappa shape index (κ3) is 5.25. The number of benzene rings is 1. The lowest BCUT2D eigenvalue weighted by atomic mass is 9.78. The molecule has 2 aliphatic rings. The molecule has 0 atom stereocenters. The second-order valence-electron chi connectivity index (χ2n) is 7.27. The van der Waals surface area contributed by atoms with Crippen LogP contribution in [-0.2, 0) is 6.54 Å². The first-order valence-electron chi connectivity index (χ1n) is 9.56. The highest BCUT2D eigenvalue weighted by Crippen LogP contribution is 2.39. The summed E-state index contributed by atoms with van der Waals surface area (Å²) in [6, 6.07) is 6.44. The van der Waals surface area contributed by atoms with Gasteiger partial charge in [-0.1, -0.05) is 13.0 Å². The molecule has 0 saturated carbocycles. The lowest BCUT2D eigenvalue weighted by Crippen LogP contribution is -2.38. The van der Waals surface area contributed by atoms with Gasteiger partial charge in [0.25, 0.3) is 0 Å². The summed E-state index contributed by atoms with van der Waals surface area (Å²) < 4.78 is 11.6. The molecule has 1 aromatic rings. The summed E-state index contributed by atoms with van der Waals surface area (Å²) in [5.41, 5.74) is 1.89. The van der Waals surface area contributed by atoms with Crippen LogP contribution in [0.15, 0.2) is 18.2 Å². The van der Waals surface area contributed by atoms with Crippen LogP contribution in [0.4, 0.5) is 0 Å². The highest BCUT2D eigenvalue weighted by atomic mass is 35.5. The number of piperidine rings is 1. The zero-order valence-electron chi connectivity index (χ0n) is 15.7. The Morgan fingerprint density at radius 3 is 2.60 bits per heavy atom. The predicted molar refractivity (Wildman–Crippen MR) is 105 cm³/mol. The Kier molecular flexibility index (Phi) is 7.85. The highest BCUT2D eigenvalue weighted by Gasteiger charge is 2.38. The fourth-order valence-corrected chi connectivity index (χ4v) is 4.04. The Hall–Kier alpha value is -0.970. The molecule has 3 rings (SSSR count). The summed E-state index contributed by atoms with van der Waals surface area (Å²) in [5.74, 6) is 1.76. The van der Waals surface area contributed by atoms with Crippen molar-refractivity contribution in [2.45, 2.75) is 46.1 Å². The molecule has 2 heterocycles. The van der Waals surface area contributed by atoms with Crippen LogP contribution >= 0.6 is 12.4 Å². The molecule has 25 heavy (non-hydrogen) atoms. The number of halogens is 1. The molecule has 2 fully saturated rings. The van der Waals surface area contributed by atoms with Gasteiger partial charge in [-0.3, -0.25) is 4.90 Å². The van der Waals surface area contributed by atoms with E-state index in [0.717, 1.165) is 31.1 Å². The zero-order valence-corrected chi connectivity index (χ0v) is 16.5. The molecule has 1 aromatic carbocycles. The van der Waals surface area contributed by atoms with Gasteiger partial charge in [0, 0.05) is 13.1 Å². The number of ether oxygens (including phenoxy) is 2. The van der Waals surface area contributed by atoms with Gasteiger partial charge in [0.05, 0.1) is 13.2 Å². The fraction of sp³-hybridized carbons (Fsp3) is 0.700. The predicted octanol–water partition coefficient (Wildman–Crippen LogP) is 3.87. The van der Waals surface area contributed by atoms with E-state index in [-0.39, 0.29) is 12.4 Å². The summed E-state index contributed by atoms with van der Waals surface area (Å²) in [6.45, 7) is 11.4. The molecule has 5 heteroatoms. The van der Waals surface area contributed by atoms with Crippen molar-refractivity contribution in [3.8, 4) is 11.5 Å². The number of hydrogen-bond donors (Lipinski definition) is 1. The monoisotopic (exact) mass is 368 g/mol.